The average molecular weight is 927 g/mol. The lowest BCUT2D eigenvalue weighted by molar-refractivity contribution is -0.151. The Labute approximate surface area is 389 Å². The molecule has 0 spiro atoms. The van der Waals surface area contributed by atoms with Gasteiger partial charge in [-0.1, -0.05) is 103 Å². The van der Waals surface area contributed by atoms with Crippen LogP contribution < -0.4 is 21.4 Å². The Balaban J connectivity index is 1.54. The zero-order valence-corrected chi connectivity index (χ0v) is 39.1. The van der Waals surface area contributed by atoms with Gasteiger partial charge in [0.25, 0.3) is 17.7 Å². The molecule has 1 fully saturated rings. The molecule has 67 heavy (non-hydrogen) atoms. The molecule has 360 valence electrons. The molecule has 3 aromatic rings. The highest BCUT2D eigenvalue weighted by Gasteiger charge is 2.46. The molecule has 6 N–H and O–H groups in total. The Morgan fingerprint density at radius 1 is 0.776 bits per heavy atom. The van der Waals surface area contributed by atoms with Crippen molar-refractivity contribution >= 4 is 64.2 Å². The first kappa shape index (κ1) is 52.4. The monoisotopic (exact) mass is 926 g/mol. The van der Waals surface area contributed by atoms with E-state index in [0.29, 0.717) is 23.4 Å². The fourth-order valence-electron chi connectivity index (χ4n) is 7.80. The lowest BCUT2D eigenvalue weighted by Crippen LogP contribution is -2.61. The van der Waals surface area contributed by atoms with Crippen LogP contribution in [-0.4, -0.2) is 128 Å². The van der Waals surface area contributed by atoms with Crippen LogP contribution in [0.4, 0.5) is 0 Å². The zero-order valence-electron chi connectivity index (χ0n) is 39.1. The number of aliphatic carboxylic acids is 2. The molecule has 19 heteroatoms. The maximum Gasteiger partial charge on any atom is 0.325 e. The molecule has 2 heterocycles. The van der Waals surface area contributed by atoms with Crippen molar-refractivity contribution in [3.63, 3.8) is 0 Å². The van der Waals surface area contributed by atoms with Crippen molar-refractivity contribution in [1.29, 1.82) is 0 Å². The van der Waals surface area contributed by atoms with Gasteiger partial charge in [-0.2, -0.15) is 0 Å². The Morgan fingerprint density at radius 2 is 1.40 bits per heavy atom. The molecule has 1 unspecified atom stereocenters. The van der Waals surface area contributed by atoms with Crippen LogP contribution in [0.5, 0.6) is 0 Å². The zero-order chi connectivity index (χ0) is 49.7. The number of nitrogens with zero attached hydrogens (tertiary/aromatic N) is 4. The van der Waals surface area contributed by atoms with Gasteiger partial charge in [0.05, 0.1) is 11.9 Å². The molecule has 4 rings (SSSR count). The number of para-hydroxylation sites is 1. The number of likely N-dealkylation sites (tertiary alicyclic amines) is 1. The number of pyridine rings is 1. The number of nitrogens with one attached hydrogen (secondary N) is 4. The normalized spacial score (nSPS) is 16.2. The van der Waals surface area contributed by atoms with Crippen LogP contribution in [0, 0.1) is 23.2 Å². The second-order valence-electron chi connectivity index (χ2n) is 18.6. The quantitative estimate of drug-likeness (QED) is 0.0749. The van der Waals surface area contributed by atoms with Crippen molar-refractivity contribution in [3.8, 4) is 0 Å². The summed E-state index contributed by atoms with van der Waals surface area (Å²) in [5.41, 5.74) is 3.42. The van der Waals surface area contributed by atoms with Crippen molar-refractivity contribution in [2.24, 2.45) is 23.2 Å². The Bertz CT molecular complexity index is 2350. The second-order valence-corrected chi connectivity index (χ2v) is 18.6. The fourth-order valence-corrected chi connectivity index (χ4v) is 7.80. The minimum atomic E-state index is -1.71. The van der Waals surface area contributed by atoms with Crippen LogP contribution in [0.25, 0.3) is 10.9 Å². The minimum Gasteiger partial charge on any atom is -0.481 e. The van der Waals surface area contributed by atoms with Crippen molar-refractivity contribution in [2.75, 3.05) is 20.1 Å². The van der Waals surface area contributed by atoms with E-state index in [2.05, 4.69) is 26.4 Å². The third-order valence-corrected chi connectivity index (χ3v) is 11.1. The van der Waals surface area contributed by atoms with Crippen LogP contribution in [0.3, 0.4) is 0 Å². The van der Waals surface area contributed by atoms with Crippen molar-refractivity contribution in [3.05, 3.63) is 90.1 Å². The van der Waals surface area contributed by atoms with Gasteiger partial charge >= 0.3 is 11.9 Å². The number of benzene rings is 2. The average Bonchev–Trinajstić information content (AvgIpc) is 3.67. The maximum atomic E-state index is 14.6. The highest BCUT2D eigenvalue weighted by atomic mass is 16.4. The van der Waals surface area contributed by atoms with E-state index in [0.717, 1.165) is 23.1 Å². The molecule has 1 aromatic heterocycles. The van der Waals surface area contributed by atoms with E-state index in [9.17, 15) is 53.4 Å². The molecule has 0 radical (unpaired) electrons. The number of carboxylic acid groups (broad SMARTS) is 2. The van der Waals surface area contributed by atoms with Crippen molar-refractivity contribution in [1.82, 2.24) is 41.2 Å². The summed E-state index contributed by atoms with van der Waals surface area (Å²) in [6, 6.07) is 13.8. The van der Waals surface area contributed by atoms with E-state index in [4.69, 9.17) is 0 Å². The topological polar surface area (TPSA) is 265 Å². The molecule has 2 aromatic carbocycles. The molecule has 0 aliphatic carbocycles. The molecule has 1 saturated heterocycles. The van der Waals surface area contributed by atoms with Crippen LogP contribution in [0.15, 0.2) is 78.9 Å². The summed E-state index contributed by atoms with van der Waals surface area (Å²) in [6.45, 7) is 11.6. The maximum absolute atomic E-state index is 14.6. The molecule has 1 aliphatic rings. The molecular formula is C48H62N8O11. The van der Waals surface area contributed by atoms with Gasteiger partial charge in [-0.3, -0.25) is 48.6 Å². The number of likely N-dealkylation sites (N-methyl/N-ethyl adjacent to an activating group) is 1. The predicted octanol–water partition coefficient (Wildman–Crippen LogP) is 2.90. The fraction of sp³-hybridized carbons (Fsp3) is 0.458. The van der Waals surface area contributed by atoms with Gasteiger partial charge < -0.3 is 36.0 Å². The van der Waals surface area contributed by atoms with Crippen molar-refractivity contribution in [2.45, 2.75) is 98.4 Å². The second kappa shape index (κ2) is 23.3. The number of aromatic nitrogens is 1. The molecule has 19 nitrogen and oxygen atoms in total. The van der Waals surface area contributed by atoms with E-state index in [1.54, 1.807) is 45.9 Å². The highest BCUT2D eigenvalue weighted by Crippen LogP contribution is 2.36. The summed E-state index contributed by atoms with van der Waals surface area (Å²) in [4.78, 5) is 127. The lowest BCUT2D eigenvalue weighted by Gasteiger charge is -2.35. The van der Waals surface area contributed by atoms with Crippen LogP contribution in [-0.2, 0) is 44.9 Å². The highest BCUT2D eigenvalue weighted by molar-refractivity contribution is 6.01. The first-order chi connectivity index (χ1) is 31.4. The molecule has 0 bridgehead atoms. The third-order valence-electron chi connectivity index (χ3n) is 11.1. The van der Waals surface area contributed by atoms with Gasteiger partial charge in [0, 0.05) is 37.7 Å². The number of rotatable bonds is 19. The largest absolute Gasteiger partial charge is 0.481 e. The van der Waals surface area contributed by atoms with Crippen LogP contribution in [0.2, 0.25) is 0 Å². The molecule has 5 atom stereocenters. The van der Waals surface area contributed by atoms with Gasteiger partial charge in [-0.15, -0.1) is 0 Å². The smallest absolute Gasteiger partial charge is 0.325 e. The minimum absolute atomic E-state index is 0.0293. The summed E-state index contributed by atoms with van der Waals surface area (Å²) < 4.78 is 0. The van der Waals surface area contributed by atoms with Crippen molar-refractivity contribution < 1.29 is 53.4 Å². The Morgan fingerprint density at radius 3 is 2.01 bits per heavy atom. The van der Waals surface area contributed by atoms with Gasteiger partial charge in [0.15, 0.2) is 0 Å². The first-order valence-electron chi connectivity index (χ1n) is 22.1. The lowest BCUT2D eigenvalue weighted by atomic mass is 9.81. The van der Waals surface area contributed by atoms with Gasteiger partial charge in [-0.25, -0.2) is 9.99 Å². The molecule has 0 saturated carbocycles. The Kier molecular flexibility index (Phi) is 18.3. The SMILES string of the molecule is CC(C)[C@H](NC(=O)c1ccc2ccccc2n1)C(=O)N[C@@H](CC(=O)O)C(=O)N[C@H](C(=O)N1CC[C@H](CC(C)(C)C)C1C(=O)NN(CC(=O)O)C(=O)/C=C/C(=O)N(C)Cc1ccccc1)C(C)C. The first-order valence-corrected chi connectivity index (χ1v) is 22.1. The van der Waals surface area contributed by atoms with Gasteiger partial charge in [-0.05, 0) is 53.7 Å². The van der Waals surface area contributed by atoms with E-state index in [1.165, 1.54) is 22.9 Å². The summed E-state index contributed by atoms with van der Waals surface area (Å²) >= 11 is 0. The van der Waals surface area contributed by atoms with E-state index in [-0.39, 0.29) is 24.2 Å². The van der Waals surface area contributed by atoms with Gasteiger partial charge in [0.2, 0.25) is 23.6 Å². The van der Waals surface area contributed by atoms with E-state index >= 15 is 0 Å². The summed E-state index contributed by atoms with van der Waals surface area (Å²) in [5.74, 6) is -10.4. The van der Waals surface area contributed by atoms with Crippen LogP contribution in [0.1, 0.15) is 83.8 Å². The van der Waals surface area contributed by atoms with Crippen LogP contribution >= 0.6 is 0 Å². The summed E-state index contributed by atoms with van der Waals surface area (Å²) in [7, 11) is 1.52. The number of fused-ring (bicyclic) bond motifs is 1. The molecule has 7 amide bonds. The predicted molar refractivity (Wildman–Crippen MR) is 246 cm³/mol. The Hall–Kier alpha value is -7.18. The molecular weight excluding hydrogens is 865 g/mol. The number of hydrogen-bond acceptors (Lipinski definition) is 10. The standard InChI is InChI=1S/C48H62N8O11/c1-28(2)40(51-43(63)34-19-18-31-16-12-13-17-33(31)49-34)45(65)50-35(24-38(59)60)44(64)52-41(29(3)4)47(67)55-23-22-32(25-48(5,6)7)42(55)46(66)53-56(27-39(61)62)37(58)21-20-36(57)54(8)26-30-14-10-9-11-15-30/h9-21,28-29,32,35,40-42H,22-27H2,1-8H3,(H,50,65)(H,51,63)(H,52,64)(H,53,66)(H,59,60)(H,61,62)/b21-20+/t32-,35+,40+,41+,42?/m1/s1. The number of carbonyl (C=O) groups excluding carboxylic acids is 7. The number of hydrogen-bond donors (Lipinski definition) is 6. The van der Waals surface area contributed by atoms with Gasteiger partial charge in [0.1, 0.15) is 36.4 Å². The number of carboxylic acids is 2. The number of amides is 7. The van der Waals surface area contributed by atoms with E-state index in [1.807, 2.05) is 63.2 Å². The number of hydrazine groups is 1. The number of carbonyl (C=O) groups is 9. The summed E-state index contributed by atoms with van der Waals surface area (Å²) in [5, 5.41) is 28.5. The molecule has 1 aliphatic heterocycles. The van der Waals surface area contributed by atoms with E-state index < -0.39 is 108 Å². The third kappa shape index (κ3) is 15.2. The summed E-state index contributed by atoms with van der Waals surface area (Å²) in [6.07, 6.45) is 1.65.